The third-order valence-corrected chi connectivity index (χ3v) is 14.4. The van der Waals surface area contributed by atoms with Crippen LogP contribution in [0.15, 0.2) is 52.6 Å². The van der Waals surface area contributed by atoms with Crippen LogP contribution in [-0.2, 0) is 32.1 Å². The number of nitrogens with zero attached hydrogens (tertiary/aromatic N) is 3. The van der Waals surface area contributed by atoms with E-state index in [9.17, 15) is 14.7 Å². The molecule has 298 valence electrons. The molecule has 6 rings (SSSR count). The van der Waals surface area contributed by atoms with Crippen molar-refractivity contribution in [2.45, 2.75) is 95.6 Å². The number of rotatable bonds is 12. The lowest BCUT2D eigenvalue weighted by atomic mass is 9.83. The number of hydrogen-bond acceptors (Lipinski definition) is 9. The van der Waals surface area contributed by atoms with Gasteiger partial charge in [0.25, 0.3) is 5.91 Å². The first-order valence-electron chi connectivity index (χ1n) is 19.2. The monoisotopic (exact) mass is 794 g/mol. The first kappa shape index (κ1) is 41.3. The minimum atomic E-state index is -0.546. The van der Waals surface area contributed by atoms with E-state index in [1.54, 1.807) is 12.1 Å². The number of likely N-dealkylation sites (tertiary alicyclic amines) is 1. The number of phenols is 1. The number of carbonyl (C=O) groups excluding carboxylic acids is 1. The highest BCUT2D eigenvalue weighted by Crippen LogP contribution is 2.35. The van der Waals surface area contributed by atoms with E-state index in [0.29, 0.717) is 61.7 Å². The molecule has 2 atom stereocenters. The van der Waals surface area contributed by atoms with Gasteiger partial charge in [-0.15, -0.1) is 11.3 Å². The van der Waals surface area contributed by atoms with E-state index in [2.05, 4.69) is 61.1 Å². The van der Waals surface area contributed by atoms with Gasteiger partial charge in [0.15, 0.2) is 10.9 Å². The summed E-state index contributed by atoms with van der Waals surface area (Å²) in [5, 5.41) is 17.7. The number of pyridine rings is 1. The van der Waals surface area contributed by atoms with E-state index in [1.165, 1.54) is 17.4 Å². The average Bonchev–Trinajstić information content (AvgIpc) is 3.64. The Bertz CT molecular complexity index is 2030. The number of aromatic hydroxyl groups is 1. The summed E-state index contributed by atoms with van der Waals surface area (Å²) in [6.07, 6.45) is 3.23. The predicted molar refractivity (Wildman–Crippen MR) is 221 cm³/mol. The standard InChI is InChI=1S/C42H56FN5O5S2/c1-27(2)38-45-32(24-54-38)39(51)48-20-21-52-42(26-48)16-18-47(19-17-42)23-28-10-9-11-31(36(28)43)41(6,7)25-44-22-34(53-55(8)40(3,4)5)29-12-14-33(49)37-30(29)13-15-35(50)46-37/h9-15,24,27,34,44H,16-23,25-26H2,1-8H3,(H-,46,49,50)/p+1/t34-,55?/m0/s1. The third-order valence-electron chi connectivity index (χ3n) is 11.0. The van der Waals surface area contributed by atoms with Crippen molar-refractivity contribution in [2.24, 2.45) is 0 Å². The molecule has 3 N–H and O–H groups in total. The van der Waals surface area contributed by atoms with Gasteiger partial charge in [-0.1, -0.05) is 52.0 Å². The number of halogens is 1. The predicted octanol–water partition coefficient (Wildman–Crippen LogP) is 7.05. The molecular weight excluding hydrogens is 738 g/mol. The molecule has 4 aromatic rings. The number of morpholine rings is 1. The summed E-state index contributed by atoms with van der Waals surface area (Å²) in [4.78, 5) is 37.0. The molecule has 13 heteroatoms. The highest BCUT2D eigenvalue weighted by Gasteiger charge is 2.42. The number of phenolic OH excluding ortho intramolecular Hbond substituents is 1. The van der Waals surface area contributed by atoms with Crippen LogP contribution < -0.4 is 10.9 Å². The molecule has 0 bridgehead atoms. The molecule has 1 spiro atoms. The van der Waals surface area contributed by atoms with Crippen molar-refractivity contribution < 1.29 is 23.2 Å². The zero-order valence-electron chi connectivity index (χ0n) is 33.5. The van der Waals surface area contributed by atoms with Crippen LogP contribution in [0.3, 0.4) is 0 Å². The Balaban J connectivity index is 1.09. The van der Waals surface area contributed by atoms with Crippen molar-refractivity contribution in [1.82, 2.24) is 25.1 Å². The second-order valence-electron chi connectivity index (χ2n) is 17.0. The molecule has 2 fully saturated rings. The summed E-state index contributed by atoms with van der Waals surface area (Å²) in [7, 11) is 0. The number of piperidine rings is 1. The van der Waals surface area contributed by atoms with Crippen LogP contribution in [0.5, 0.6) is 5.75 Å². The van der Waals surface area contributed by atoms with Gasteiger partial charge in [-0.3, -0.25) is 14.5 Å². The maximum absolute atomic E-state index is 16.4. The minimum absolute atomic E-state index is 0.00297. The van der Waals surface area contributed by atoms with Crippen LogP contribution >= 0.6 is 11.3 Å². The Hall–Kier alpha value is -3.33. The van der Waals surface area contributed by atoms with E-state index in [-0.39, 0.29) is 39.8 Å². The SMILES string of the molecule is CC(C)c1nc(C(=O)N2CCOC3(CCN(Cc4cccc(C(C)(C)CNC[C@H](O[S+](C)C(C)(C)C)c5ccc(O)c6[nH]c(=O)ccc56)c4F)CC3)C2)cs1. The molecule has 2 saturated heterocycles. The lowest BCUT2D eigenvalue weighted by Crippen LogP contribution is -2.58. The van der Waals surface area contributed by atoms with Gasteiger partial charge in [-0.25, -0.2) is 9.37 Å². The highest BCUT2D eigenvalue weighted by atomic mass is 32.2. The van der Waals surface area contributed by atoms with E-state index in [4.69, 9.17) is 8.92 Å². The molecule has 1 unspecified atom stereocenters. The summed E-state index contributed by atoms with van der Waals surface area (Å²) < 4.78 is 29.4. The van der Waals surface area contributed by atoms with Crippen LogP contribution in [0.1, 0.15) is 106 Å². The van der Waals surface area contributed by atoms with Crippen LogP contribution in [0, 0.1) is 5.82 Å². The Labute approximate surface area is 331 Å². The Morgan fingerprint density at radius 3 is 2.56 bits per heavy atom. The molecule has 1 amide bonds. The Morgan fingerprint density at radius 2 is 1.87 bits per heavy atom. The smallest absolute Gasteiger partial charge is 0.273 e. The summed E-state index contributed by atoms with van der Waals surface area (Å²) in [5.41, 5.74) is 1.83. The molecule has 0 saturated carbocycles. The fourth-order valence-electron chi connectivity index (χ4n) is 7.38. The number of nitrogens with one attached hydrogen (secondary N) is 2. The summed E-state index contributed by atoms with van der Waals surface area (Å²) in [6, 6.07) is 12.3. The van der Waals surface area contributed by atoms with Gasteiger partial charge >= 0.3 is 0 Å². The van der Waals surface area contributed by atoms with Gasteiger partial charge in [0.2, 0.25) is 5.56 Å². The number of thiazole rings is 1. The molecule has 0 radical (unpaired) electrons. The Kier molecular flexibility index (Phi) is 12.5. The number of aromatic amines is 1. The molecular formula is C42H57FN5O5S2+. The quantitative estimate of drug-likeness (QED) is 0.131. The van der Waals surface area contributed by atoms with Crippen LogP contribution in [-0.4, -0.2) is 93.3 Å². The molecule has 10 nitrogen and oxygen atoms in total. The number of ether oxygens (including phenoxy) is 1. The third kappa shape index (κ3) is 9.45. The second kappa shape index (κ2) is 16.6. The van der Waals surface area contributed by atoms with Gasteiger partial charge in [-0.05, 0) is 56.9 Å². The van der Waals surface area contributed by atoms with Crippen molar-refractivity contribution in [3.05, 3.63) is 91.4 Å². The van der Waals surface area contributed by atoms with Crippen molar-refractivity contribution in [2.75, 3.05) is 52.1 Å². The fourth-order valence-corrected chi connectivity index (χ4v) is 9.00. The lowest BCUT2D eigenvalue weighted by Gasteiger charge is -2.47. The maximum atomic E-state index is 16.4. The van der Waals surface area contributed by atoms with Gasteiger partial charge in [-0.2, -0.15) is 4.18 Å². The zero-order chi connectivity index (χ0) is 39.7. The van der Waals surface area contributed by atoms with E-state index in [1.807, 2.05) is 48.4 Å². The number of fused-ring (bicyclic) bond motifs is 1. The number of H-pyrrole nitrogens is 1. The topological polar surface area (TPSA) is 120 Å². The van der Waals surface area contributed by atoms with E-state index in [0.717, 1.165) is 41.9 Å². The second-order valence-corrected chi connectivity index (χ2v) is 20.2. The molecule has 4 heterocycles. The fraction of sp³-hybridized carbons (Fsp3) is 0.548. The van der Waals surface area contributed by atoms with Gasteiger partial charge in [0.05, 0.1) is 29.3 Å². The van der Waals surface area contributed by atoms with Crippen LogP contribution in [0.25, 0.3) is 10.9 Å². The lowest BCUT2D eigenvalue weighted by molar-refractivity contribution is -0.128. The van der Waals surface area contributed by atoms with Crippen molar-refractivity contribution in [3.63, 3.8) is 0 Å². The average molecular weight is 795 g/mol. The first-order valence-corrected chi connectivity index (χ1v) is 21.7. The minimum Gasteiger partial charge on any atom is -0.506 e. The highest BCUT2D eigenvalue weighted by molar-refractivity contribution is 7.93. The van der Waals surface area contributed by atoms with Gasteiger partial charge < -0.3 is 25.0 Å². The normalized spacial score (nSPS) is 18.0. The number of hydrogen-bond donors (Lipinski definition) is 3. The molecule has 55 heavy (non-hydrogen) atoms. The van der Waals surface area contributed by atoms with E-state index >= 15 is 4.39 Å². The number of carbonyl (C=O) groups is 1. The number of amides is 1. The zero-order valence-corrected chi connectivity index (χ0v) is 35.1. The molecule has 2 aromatic carbocycles. The summed E-state index contributed by atoms with van der Waals surface area (Å²) in [6.45, 7) is 19.2. The number of benzene rings is 2. The maximum Gasteiger partial charge on any atom is 0.273 e. The molecule has 0 aliphatic carbocycles. The first-order chi connectivity index (χ1) is 26.0. The van der Waals surface area contributed by atoms with Crippen molar-refractivity contribution >= 4 is 39.3 Å². The number of aromatic nitrogens is 2. The van der Waals surface area contributed by atoms with Gasteiger partial charge in [0, 0.05) is 73.0 Å². The molecule has 2 aliphatic rings. The Morgan fingerprint density at radius 1 is 1.13 bits per heavy atom. The van der Waals surface area contributed by atoms with Crippen molar-refractivity contribution in [1.29, 1.82) is 0 Å². The van der Waals surface area contributed by atoms with Crippen LogP contribution in [0.4, 0.5) is 4.39 Å². The molecule has 2 aromatic heterocycles. The summed E-state index contributed by atoms with van der Waals surface area (Å²) in [5.74, 6) is 0.0743. The largest absolute Gasteiger partial charge is 0.506 e. The van der Waals surface area contributed by atoms with Gasteiger partial charge in [0.1, 0.15) is 34.7 Å². The summed E-state index contributed by atoms with van der Waals surface area (Å²) >= 11 is 1.11. The van der Waals surface area contributed by atoms with E-state index < -0.39 is 22.2 Å². The molecule has 2 aliphatic heterocycles. The van der Waals surface area contributed by atoms with Crippen LogP contribution in [0.2, 0.25) is 0 Å². The van der Waals surface area contributed by atoms with Crippen molar-refractivity contribution in [3.8, 4) is 5.75 Å².